The molecule has 16 heteroatoms. The van der Waals surface area contributed by atoms with Crippen LogP contribution in [0.1, 0.15) is 32.8 Å². The first-order valence-electron chi connectivity index (χ1n) is 11.1. The Kier molecular flexibility index (Phi) is 9.44. The number of nitrogens with zero attached hydrogens (tertiary/aromatic N) is 3. The third-order valence-electron chi connectivity index (χ3n) is 5.55. The number of halogens is 10. The molecule has 1 aromatic heterocycles. The zero-order chi connectivity index (χ0) is 30.8. The normalized spacial score (nSPS) is 12.0. The molecule has 6 nitrogen and oxygen atoms in total. The number of aromatic nitrogens is 1. The van der Waals surface area contributed by atoms with E-state index in [1.165, 1.54) is 30.5 Å². The van der Waals surface area contributed by atoms with E-state index in [1.807, 2.05) is 6.07 Å². The van der Waals surface area contributed by atoms with Gasteiger partial charge in [-0.05, 0) is 68.3 Å². The maximum atomic E-state index is 15.6. The molecular weight excluding hydrogens is 700 g/mol. The lowest BCUT2D eigenvalue weighted by Gasteiger charge is -2.31. The Morgan fingerprint density at radius 2 is 1.56 bits per heavy atom. The topological polar surface area (TPSA) is 86.1 Å². The number of carbonyl (C=O) groups is 2. The van der Waals surface area contributed by atoms with Gasteiger partial charge < -0.3 is 10.2 Å². The van der Waals surface area contributed by atoms with E-state index in [-0.39, 0.29) is 30.8 Å². The second kappa shape index (κ2) is 12.1. The Balaban J connectivity index is 2.01. The first-order chi connectivity index (χ1) is 19.0. The lowest BCUT2D eigenvalue weighted by molar-refractivity contribution is -0.348. The van der Waals surface area contributed by atoms with Gasteiger partial charge in [-0.3, -0.25) is 14.6 Å². The molecule has 0 radical (unpaired) electrons. The van der Waals surface area contributed by atoms with Crippen molar-refractivity contribution < 1.29 is 44.7 Å². The SMILES string of the molecule is N#CCCN(C(=O)c1ccccn1)c1cccc(C(=O)Nc2c(Br)cc(C(F)(C(F)(F)F)C(F)(F)F)cc2Br)c1F. The van der Waals surface area contributed by atoms with E-state index in [9.17, 15) is 40.3 Å². The Hall–Kier alpha value is -3.58. The van der Waals surface area contributed by atoms with Gasteiger partial charge in [0, 0.05) is 27.3 Å². The van der Waals surface area contributed by atoms with Crippen molar-refractivity contribution in [3.05, 3.63) is 86.3 Å². The predicted octanol–water partition coefficient (Wildman–Crippen LogP) is 7.85. The summed E-state index contributed by atoms with van der Waals surface area (Å²) in [6.07, 6.45) is -11.6. The van der Waals surface area contributed by atoms with Crippen LogP contribution in [-0.4, -0.2) is 35.7 Å². The fraction of sp³-hybridized carbons (Fsp3) is 0.200. The minimum absolute atomic E-state index is 0.0886. The third-order valence-corrected chi connectivity index (χ3v) is 6.80. The molecule has 216 valence electrons. The molecule has 3 aromatic rings. The van der Waals surface area contributed by atoms with Gasteiger partial charge in [0.1, 0.15) is 5.69 Å². The second-order valence-electron chi connectivity index (χ2n) is 8.14. The average molecular weight is 714 g/mol. The second-order valence-corrected chi connectivity index (χ2v) is 9.85. The van der Waals surface area contributed by atoms with Gasteiger partial charge in [0.05, 0.1) is 29.4 Å². The number of nitriles is 1. The fourth-order valence-corrected chi connectivity index (χ4v) is 4.97. The van der Waals surface area contributed by atoms with Crippen LogP contribution in [0.2, 0.25) is 0 Å². The van der Waals surface area contributed by atoms with Crippen molar-refractivity contribution in [2.45, 2.75) is 24.4 Å². The minimum Gasteiger partial charge on any atom is -0.320 e. The van der Waals surface area contributed by atoms with E-state index in [4.69, 9.17) is 5.26 Å². The van der Waals surface area contributed by atoms with Crippen molar-refractivity contribution in [1.82, 2.24) is 4.98 Å². The first-order valence-corrected chi connectivity index (χ1v) is 12.6. The molecule has 0 aliphatic heterocycles. The fourth-order valence-electron chi connectivity index (χ4n) is 3.58. The van der Waals surface area contributed by atoms with Crippen LogP contribution >= 0.6 is 31.9 Å². The zero-order valence-electron chi connectivity index (χ0n) is 20.0. The highest BCUT2D eigenvalue weighted by atomic mass is 79.9. The summed E-state index contributed by atoms with van der Waals surface area (Å²) < 4.78 is 108. The van der Waals surface area contributed by atoms with Crippen LogP contribution in [0.25, 0.3) is 0 Å². The van der Waals surface area contributed by atoms with Crippen LogP contribution in [0.15, 0.2) is 63.7 Å². The van der Waals surface area contributed by atoms with Crippen LogP contribution < -0.4 is 10.2 Å². The Bertz CT molecular complexity index is 1470. The molecule has 0 aliphatic rings. The molecule has 0 unspecified atom stereocenters. The van der Waals surface area contributed by atoms with E-state index in [0.717, 1.165) is 17.0 Å². The number of alkyl halides is 7. The maximum Gasteiger partial charge on any atom is 0.435 e. The van der Waals surface area contributed by atoms with Gasteiger partial charge in [-0.1, -0.05) is 12.1 Å². The van der Waals surface area contributed by atoms with Crippen molar-refractivity contribution >= 4 is 55.0 Å². The largest absolute Gasteiger partial charge is 0.435 e. The summed E-state index contributed by atoms with van der Waals surface area (Å²) in [7, 11) is 0. The minimum atomic E-state index is -6.37. The van der Waals surface area contributed by atoms with Crippen molar-refractivity contribution in [2.24, 2.45) is 0 Å². The van der Waals surface area contributed by atoms with E-state index < -0.39 is 67.1 Å². The van der Waals surface area contributed by atoms with Crippen LogP contribution in [0.5, 0.6) is 0 Å². The summed E-state index contributed by atoms with van der Waals surface area (Å²) >= 11 is 5.45. The molecular formula is C25H14Br2F8N4O2. The highest BCUT2D eigenvalue weighted by Gasteiger charge is 2.73. The lowest BCUT2D eigenvalue weighted by Crippen LogP contribution is -2.50. The summed E-state index contributed by atoms with van der Waals surface area (Å²) in [5, 5.41) is 11.1. The smallest absolute Gasteiger partial charge is 0.320 e. The number of pyridine rings is 1. The molecule has 0 saturated heterocycles. The molecule has 0 fully saturated rings. The number of benzene rings is 2. The van der Waals surface area contributed by atoms with Gasteiger partial charge in [0.2, 0.25) is 0 Å². The zero-order valence-corrected chi connectivity index (χ0v) is 23.2. The number of carbonyl (C=O) groups excluding carboxylic acids is 2. The highest BCUT2D eigenvalue weighted by Crippen LogP contribution is 2.54. The molecule has 0 aliphatic carbocycles. The number of amides is 2. The molecule has 2 amide bonds. The lowest BCUT2D eigenvalue weighted by atomic mass is 9.94. The predicted molar refractivity (Wildman–Crippen MR) is 137 cm³/mol. The number of hydrogen-bond donors (Lipinski definition) is 1. The molecule has 2 aromatic carbocycles. The van der Waals surface area contributed by atoms with E-state index in [0.29, 0.717) is 0 Å². The average Bonchev–Trinajstić information content (AvgIpc) is 2.90. The Labute approximate surface area is 243 Å². The van der Waals surface area contributed by atoms with Crippen LogP contribution in [0.3, 0.4) is 0 Å². The third kappa shape index (κ3) is 6.35. The summed E-state index contributed by atoms with van der Waals surface area (Å²) in [4.78, 5) is 30.8. The van der Waals surface area contributed by atoms with Gasteiger partial charge in [-0.15, -0.1) is 0 Å². The van der Waals surface area contributed by atoms with Crippen LogP contribution in [-0.2, 0) is 5.67 Å². The summed E-state index contributed by atoms with van der Waals surface area (Å²) in [5.74, 6) is -3.24. The van der Waals surface area contributed by atoms with Gasteiger partial charge >= 0.3 is 18.0 Å². The number of rotatable bonds is 7. The summed E-state index contributed by atoms with van der Waals surface area (Å²) in [6.45, 7) is -0.282. The van der Waals surface area contributed by atoms with Crippen molar-refractivity contribution in [3.8, 4) is 6.07 Å². The summed E-state index contributed by atoms with van der Waals surface area (Å²) in [5.41, 5.74) is -9.18. The number of anilines is 2. The molecule has 3 rings (SSSR count). The van der Waals surface area contributed by atoms with Gasteiger partial charge in [0.25, 0.3) is 11.8 Å². The molecule has 1 heterocycles. The molecule has 0 saturated carbocycles. The number of hydrogen-bond acceptors (Lipinski definition) is 4. The van der Waals surface area contributed by atoms with Gasteiger partial charge in [-0.2, -0.15) is 31.6 Å². The van der Waals surface area contributed by atoms with E-state index >= 15 is 4.39 Å². The van der Waals surface area contributed by atoms with Crippen LogP contribution in [0, 0.1) is 17.1 Å². The first kappa shape index (κ1) is 31.9. The van der Waals surface area contributed by atoms with Crippen molar-refractivity contribution in [1.29, 1.82) is 5.26 Å². The standard InChI is InChI=1S/C25H14Br2F8N4O2/c26-15-11-13(23(29,24(30,31)32)25(33,34)35)12-16(27)20(15)38-21(40)14-5-3-7-18(19(14)28)39(10-4-8-36)22(41)17-6-1-2-9-37-17/h1-3,5-7,9,11-12H,4,10H2,(H,38,40). The monoisotopic (exact) mass is 712 g/mol. The molecule has 41 heavy (non-hydrogen) atoms. The Morgan fingerprint density at radius 3 is 2.07 bits per heavy atom. The van der Waals surface area contributed by atoms with Crippen molar-refractivity contribution in [2.75, 3.05) is 16.8 Å². The molecule has 0 atom stereocenters. The van der Waals surface area contributed by atoms with Crippen LogP contribution in [0.4, 0.5) is 46.5 Å². The quantitative estimate of drug-likeness (QED) is 0.253. The van der Waals surface area contributed by atoms with Gasteiger partial charge in [0.15, 0.2) is 5.82 Å². The Morgan fingerprint density at radius 1 is 0.951 bits per heavy atom. The van der Waals surface area contributed by atoms with E-state index in [1.54, 1.807) is 0 Å². The van der Waals surface area contributed by atoms with Gasteiger partial charge in [-0.25, -0.2) is 8.78 Å². The molecule has 0 bridgehead atoms. The van der Waals surface area contributed by atoms with E-state index in [2.05, 4.69) is 42.2 Å². The van der Waals surface area contributed by atoms with Crippen molar-refractivity contribution in [3.63, 3.8) is 0 Å². The molecule has 1 N–H and O–H groups in total. The summed E-state index contributed by atoms with van der Waals surface area (Å²) in [6, 6.07) is 9.92. The highest BCUT2D eigenvalue weighted by molar-refractivity contribution is 9.11. The number of nitrogens with one attached hydrogen (secondary N) is 1. The molecule has 0 spiro atoms. The maximum absolute atomic E-state index is 15.6.